The lowest BCUT2D eigenvalue weighted by Gasteiger charge is -2.21. The number of fused-ring (bicyclic) bond motifs is 1. The van der Waals surface area contributed by atoms with Crippen molar-refractivity contribution in [3.05, 3.63) is 35.0 Å². The average Bonchev–Trinajstić information content (AvgIpc) is 2.47. The summed E-state index contributed by atoms with van der Waals surface area (Å²) in [7, 11) is 0. The number of hydrogen-bond donors (Lipinski definition) is 2. The predicted octanol–water partition coefficient (Wildman–Crippen LogP) is 4.30. The molecule has 1 aliphatic heterocycles. The normalized spacial score (nSPS) is 16.1. The summed E-state index contributed by atoms with van der Waals surface area (Å²) in [5, 5.41) is 3.17. The number of nitrogens with zero attached hydrogens (tertiary/aromatic N) is 1. The van der Waals surface area contributed by atoms with Gasteiger partial charge in [0.05, 0.1) is 6.37 Å². The van der Waals surface area contributed by atoms with Gasteiger partial charge in [-0.25, -0.2) is 8.78 Å². The molecule has 1 heterocycles. The molecule has 1 unspecified atom stereocenters. The van der Waals surface area contributed by atoms with E-state index in [1.807, 2.05) is 6.07 Å². The summed E-state index contributed by atoms with van der Waals surface area (Å²) < 4.78 is 30.7. The van der Waals surface area contributed by atoms with E-state index in [1.165, 1.54) is 12.3 Å². The van der Waals surface area contributed by atoms with Crippen molar-refractivity contribution in [2.24, 2.45) is 10.5 Å². The Morgan fingerprint density at radius 1 is 1.50 bits per heavy atom. The van der Waals surface area contributed by atoms with Crippen molar-refractivity contribution in [3.8, 4) is 0 Å². The van der Waals surface area contributed by atoms with Crippen LogP contribution in [0.2, 0.25) is 0 Å². The maximum Gasteiger partial charge on any atom is 0.264 e. The molecular formula is C13H15F2IN3P. The number of aryl methyl sites for hydroxylation is 1. The Morgan fingerprint density at radius 3 is 2.95 bits per heavy atom. The first-order valence-corrected chi connectivity index (χ1v) is 10.2. The zero-order valence-electron chi connectivity index (χ0n) is 10.7. The maximum atomic E-state index is 13.3. The highest BCUT2D eigenvalue weighted by atomic mass is 127. The van der Waals surface area contributed by atoms with Crippen LogP contribution in [0.3, 0.4) is 0 Å². The summed E-state index contributed by atoms with van der Waals surface area (Å²) in [4.78, 5) is 0. The van der Waals surface area contributed by atoms with Gasteiger partial charge in [0.1, 0.15) is 0 Å². The van der Waals surface area contributed by atoms with Crippen LogP contribution in [0.5, 0.6) is 0 Å². The summed E-state index contributed by atoms with van der Waals surface area (Å²) in [5.74, 6) is 0. The third kappa shape index (κ3) is 3.47. The van der Waals surface area contributed by atoms with Crippen LogP contribution in [-0.4, -0.2) is 12.8 Å². The van der Waals surface area contributed by atoms with Crippen molar-refractivity contribution in [3.63, 3.8) is 0 Å². The Bertz CT molecular complexity index is 547. The zero-order valence-corrected chi connectivity index (χ0v) is 13.8. The molecule has 2 rings (SSSR count). The minimum atomic E-state index is -2.54. The van der Waals surface area contributed by atoms with Crippen LogP contribution in [0.4, 0.5) is 14.5 Å². The molecule has 0 spiro atoms. The molecule has 0 amide bonds. The summed E-state index contributed by atoms with van der Waals surface area (Å²) in [6.45, 7) is 0.825. The quantitative estimate of drug-likeness (QED) is 0.443. The first-order valence-electron chi connectivity index (χ1n) is 6.17. The van der Waals surface area contributed by atoms with Gasteiger partial charge in [-0.2, -0.15) is 0 Å². The van der Waals surface area contributed by atoms with Gasteiger partial charge < -0.3 is 11.1 Å². The van der Waals surface area contributed by atoms with Gasteiger partial charge in [0, 0.05) is 35.8 Å². The van der Waals surface area contributed by atoms with Crippen LogP contribution >= 0.6 is 28.4 Å². The molecule has 7 heteroatoms. The molecule has 0 aromatic heterocycles. The molecule has 0 radical (unpaired) electrons. The Labute approximate surface area is 131 Å². The van der Waals surface area contributed by atoms with Gasteiger partial charge >= 0.3 is 0 Å². The minimum Gasteiger partial charge on any atom is -0.404 e. The molecule has 0 saturated carbocycles. The standard InChI is InChI=1S/C13H15F2IN3P/c14-13(15)11-5-12-8(2-1-3-18-12)4-10(11)9(6-17)7-19-20-16/h4-7,13,18,20H,1-3,17H2/b9-6+,19-7+. The topological polar surface area (TPSA) is 50.4 Å². The molecule has 0 bridgehead atoms. The predicted molar refractivity (Wildman–Crippen MR) is 91.2 cm³/mol. The zero-order chi connectivity index (χ0) is 14.5. The fraction of sp³-hybridized carbons (Fsp3) is 0.308. The van der Waals surface area contributed by atoms with Gasteiger partial charge in [-0.3, -0.25) is 4.76 Å². The van der Waals surface area contributed by atoms with E-state index in [4.69, 9.17) is 5.73 Å². The highest BCUT2D eigenvalue weighted by molar-refractivity contribution is 14.2. The van der Waals surface area contributed by atoms with Crippen molar-refractivity contribution in [2.45, 2.75) is 19.3 Å². The lowest BCUT2D eigenvalue weighted by Crippen LogP contribution is -2.13. The second kappa shape index (κ2) is 7.31. The number of hydrogen-bond acceptors (Lipinski definition) is 3. The van der Waals surface area contributed by atoms with E-state index >= 15 is 0 Å². The van der Waals surface area contributed by atoms with E-state index in [9.17, 15) is 8.78 Å². The van der Waals surface area contributed by atoms with E-state index in [-0.39, 0.29) is 5.56 Å². The number of halogens is 3. The number of benzene rings is 1. The average molecular weight is 409 g/mol. The molecule has 3 N–H and O–H groups in total. The van der Waals surface area contributed by atoms with Crippen LogP contribution in [-0.2, 0) is 6.42 Å². The molecule has 108 valence electrons. The van der Waals surface area contributed by atoms with Crippen LogP contribution < -0.4 is 11.1 Å². The van der Waals surface area contributed by atoms with E-state index in [1.54, 1.807) is 6.21 Å². The molecule has 0 saturated heterocycles. The van der Waals surface area contributed by atoms with E-state index in [2.05, 4.69) is 32.1 Å². The SMILES string of the molecule is N/C=C(\C=N\PI)c1cc2c(cc1C(F)F)NCCC2. The van der Waals surface area contributed by atoms with E-state index in [0.29, 0.717) is 17.5 Å². The monoisotopic (exact) mass is 409 g/mol. The van der Waals surface area contributed by atoms with Crippen LogP contribution in [0, 0.1) is 0 Å². The number of nitrogens with two attached hydrogens (primary N) is 1. The Balaban J connectivity index is 2.52. The Kier molecular flexibility index (Phi) is 5.72. The second-order valence-corrected chi connectivity index (χ2v) is 6.27. The molecular weight excluding hydrogens is 394 g/mol. The largest absolute Gasteiger partial charge is 0.404 e. The minimum absolute atomic E-state index is 0.00177. The third-order valence-corrected chi connectivity index (χ3v) is 4.25. The molecule has 3 nitrogen and oxygen atoms in total. The van der Waals surface area contributed by atoms with Gasteiger partial charge in [-0.15, -0.1) is 0 Å². The molecule has 20 heavy (non-hydrogen) atoms. The Morgan fingerprint density at radius 2 is 2.30 bits per heavy atom. The van der Waals surface area contributed by atoms with Crippen molar-refractivity contribution < 1.29 is 8.78 Å². The van der Waals surface area contributed by atoms with Crippen molar-refractivity contribution >= 4 is 45.9 Å². The van der Waals surface area contributed by atoms with E-state index < -0.39 is 6.43 Å². The van der Waals surface area contributed by atoms with Gasteiger partial charge in [0.25, 0.3) is 6.43 Å². The van der Waals surface area contributed by atoms with Crippen LogP contribution in [0.25, 0.3) is 5.57 Å². The number of allylic oxidation sites excluding steroid dienone is 1. The smallest absolute Gasteiger partial charge is 0.264 e. The molecule has 0 fully saturated rings. The number of alkyl halides is 2. The summed E-state index contributed by atoms with van der Waals surface area (Å²) in [5.41, 5.74) is 8.45. The molecule has 1 aromatic carbocycles. The number of rotatable bonds is 4. The fourth-order valence-corrected chi connectivity index (χ4v) is 2.87. The number of nitrogens with one attached hydrogen (secondary N) is 1. The van der Waals surface area contributed by atoms with Gasteiger partial charge in [-0.1, -0.05) is 0 Å². The van der Waals surface area contributed by atoms with E-state index in [0.717, 1.165) is 30.6 Å². The lowest BCUT2D eigenvalue weighted by atomic mass is 9.93. The third-order valence-electron chi connectivity index (χ3n) is 3.19. The van der Waals surface area contributed by atoms with Crippen molar-refractivity contribution in [1.29, 1.82) is 0 Å². The van der Waals surface area contributed by atoms with Gasteiger partial charge in [0.15, 0.2) is 0 Å². The summed E-state index contributed by atoms with van der Waals surface area (Å²) >= 11 is 2.12. The maximum absolute atomic E-state index is 13.3. The highest BCUT2D eigenvalue weighted by Gasteiger charge is 2.20. The number of anilines is 1. The second-order valence-electron chi connectivity index (χ2n) is 4.39. The molecule has 0 aliphatic carbocycles. The first kappa shape index (κ1) is 15.6. The van der Waals surface area contributed by atoms with Crippen LogP contribution in [0.15, 0.2) is 23.1 Å². The van der Waals surface area contributed by atoms with Gasteiger partial charge in [0.2, 0.25) is 0 Å². The lowest BCUT2D eigenvalue weighted by molar-refractivity contribution is 0.151. The Hall–Kier alpha value is -0.750. The fourth-order valence-electron chi connectivity index (χ4n) is 2.26. The van der Waals surface area contributed by atoms with Gasteiger partial charge in [-0.05, 0) is 58.1 Å². The van der Waals surface area contributed by atoms with Crippen LogP contribution in [0.1, 0.15) is 29.5 Å². The molecule has 1 aliphatic rings. The summed E-state index contributed by atoms with van der Waals surface area (Å²) in [6.07, 6.45) is 2.60. The van der Waals surface area contributed by atoms with Crippen molar-refractivity contribution in [1.82, 2.24) is 0 Å². The highest BCUT2D eigenvalue weighted by Crippen LogP contribution is 2.34. The first-order chi connectivity index (χ1) is 9.67. The molecule has 1 atom stereocenters. The molecule has 1 aromatic rings. The summed E-state index contributed by atoms with van der Waals surface area (Å²) in [6, 6.07) is 3.35. The van der Waals surface area contributed by atoms with Crippen molar-refractivity contribution in [2.75, 3.05) is 11.9 Å².